The quantitative estimate of drug-likeness (QED) is 0.852. The number of benzene rings is 1. The van der Waals surface area contributed by atoms with E-state index in [9.17, 15) is 18.4 Å². The van der Waals surface area contributed by atoms with Gasteiger partial charge in [0.05, 0.1) is 0 Å². The van der Waals surface area contributed by atoms with Crippen molar-refractivity contribution in [3.8, 4) is 0 Å². The molecule has 0 radical (unpaired) electrons. The van der Waals surface area contributed by atoms with Gasteiger partial charge in [0.15, 0.2) is 5.01 Å². The van der Waals surface area contributed by atoms with Gasteiger partial charge >= 0.3 is 0 Å². The summed E-state index contributed by atoms with van der Waals surface area (Å²) in [7, 11) is 0. The molecule has 1 heterocycles. The third kappa shape index (κ3) is 4.55. The van der Waals surface area contributed by atoms with E-state index in [1.54, 1.807) is 30.3 Å². The Balaban J connectivity index is 1.74. The predicted octanol–water partition coefficient (Wildman–Crippen LogP) is 2.23. The van der Waals surface area contributed by atoms with Crippen molar-refractivity contribution in [2.24, 2.45) is 0 Å². The van der Waals surface area contributed by atoms with E-state index in [1.165, 1.54) is 0 Å². The Morgan fingerprint density at radius 3 is 2.55 bits per heavy atom. The van der Waals surface area contributed by atoms with E-state index in [0.29, 0.717) is 16.9 Å². The maximum atomic E-state index is 12.3. The van der Waals surface area contributed by atoms with Crippen LogP contribution in [0, 0.1) is 0 Å². The molecular formula is C13H12F2N4O2S. The van der Waals surface area contributed by atoms with Crippen LogP contribution in [0.1, 0.15) is 28.2 Å². The maximum absolute atomic E-state index is 12.3. The summed E-state index contributed by atoms with van der Waals surface area (Å²) >= 11 is 0.614. The van der Waals surface area contributed by atoms with Crippen molar-refractivity contribution < 1.29 is 18.4 Å². The van der Waals surface area contributed by atoms with Gasteiger partial charge in [-0.1, -0.05) is 29.5 Å². The summed E-state index contributed by atoms with van der Waals surface area (Å²) in [6, 6.07) is 8.57. The second-order valence-electron chi connectivity index (χ2n) is 4.17. The minimum Gasteiger partial charge on any atom is -0.352 e. The molecule has 2 N–H and O–H groups in total. The van der Waals surface area contributed by atoms with Crippen molar-refractivity contribution in [2.75, 3.05) is 11.9 Å². The topological polar surface area (TPSA) is 84.0 Å². The number of hydrogen-bond donors (Lipinski definition) is 2. The van der Waals surface area contributed by atoms with Crippen molar-refractivity contribution in [3.05, 3.63) is 40.9 Å². The van der Waals surface area contributed by atoms with Crippen molar-refractivity contribution in [3.63, 3.8) is 0 Å². The first kappa shape index (κ1) is 16.0. The SMILES string of the molecule is O=C(CCNC(=O)c1ccccc1)Nc1nnc(C(F)F)s1. The Hall–Kier alpha value is -2.42. The normalized spacial score (nSPS) is 10.5. The third-order valence-corrected chi connectivity index (χ3v) is 3.39. The molecule has 0 atom stereocenters. The number of carbonyl (C=O) groups is 2. The highest BCUT2D eigenvalue weighted by Crippen LogP contribution is 2.24. The van der Waals surface area contributed by atoms with Crippen LogP contribution in [0.2, 0.25) is 0 Å². The van der Waals surface area contributed by atoms with Gasteiger partial charge in [0.25, 0.3) is 12.3 Å². The zero-order chi connectivity index (χ0) is 15.9. The van der Waals surface area contributed by atoms with Gasteiger partial charge < -0.3 is 10.6 Å². The van der Waals surface area contributed by atoms with Crippen LogP contribution in [0.5, 0.6) is 0 Å². The lowest BCUT2D eigenvalue weighted by Gasteiger charge is -2.04. The number of hydrogen-bond acceptors (Lipinski definition) is 5. The molecule has 0 aliphatic heterocycles. The summed E-state index contributed by atoms with van der Waals surface area (Å²) in [5.41, 5.74) is 0.494. The molecule has 0 aliphatic carbocycles. The molecule has 116 valence electrons. The summed E-state index contributed by atoms with van der Waals surface area (Å²) < 4.78 is 24.6. The zero-order valence-electron chi connectivity index (χ0n) is 11.3. The summed E-state index contributed by atoms with van der Waals surface area (Å²) in [5.74, 6) is -0.727. The van der Waals surface area contributed by atoms with Crippen LogP contribution in [-0.4, -0.2) is 28.6 Å². The van der Waals surface area contributed by atoms with Crippen LogP contribution in [0.15, 0.2) is 30.3 Å². The van der Waals surface area contributed by atoms with E-state index in [1.807, 2.05) is 0 Å². The molecule has 2 aromatic rings. The Bertz CT molecular complexity index is 648. The van der Waals surface area contributed by atoms with Crippen molar-refractivity contribution in [1.29, 1.82) is 0 Å². The second-order valence-corrected chi connectivity index (χ2v) is 5.18. The highest BCUT2D eigenvalue weighted by molar-refractivity contribution is 7.15. The zero-order valence-corrected chi connectivity index (χ0v) is 12.1. The van der Waals surface area contributed by atoms with Gasteiger partial charge in [0.1, 0.15) is 0 Å². The fourth-order valence-corrected chi connectivity index (χ4v) is 2.15. The molecule has 1 aromatic carbocycles. The first-order valence-corrected chi connectivity index (χ1v) is 7.12. The molecule has 0 bridgehead atoms. The minimum atomic E-state index is -2.71. The summed E-state index contributed by atoms with van der Waals surface area (Å²) in [5, 5.41) is 11.2. The van der Waals surface area contributed by atoms with E-state index < -0.39 is 17.3 Å². The summed E-state index contributed by atoms with van der Waals surface area (Å²) in [4.78, 5) is 23.3. The van der Waals surface area contributed by atoms with Crippen LogP contribution in [-0.2, 0) is 4.79 Å². The molecule has 22 heavy (non-hydrogen) atoms. The van der Waals surface area contributed by atoms with Crippen LogP contribution in [0.25, 0.3) is 0 Å². The first-order valence-electron chi connectivity index (χ1n) is 6.31. The van der Waals surface area contributed by atoms with E-state index in [-0.39, 0.29) is 24.0 Å². The average molecular weight is 326 g/mol. The Labute approximate surface area is 128 Å². The molecule has 2 rings (SSSR count). The van der Waals surface area contributed by atoms with Crippen LogP contribution < -0.4 is 10.6 Å². The lowest BCUT2D eigenvalue weighted by atomic mass is 10.2. The molecular weight excluding hydrogens is 314 g/mol. The number of nitrogens with zero attached hydrogens (tertiary/aromatic N) is 2. The molecule has 6 nitrogen and oxygen atoms in total. The predicted molar refractivity (Wildman–Crippen MR) is 76.9 cm³/mol. The number of aromatic nitrogens is 2. The number of halogens is 2. The molecule has 2 amide bonds. The number of nitrogens with one attached hydrogen (secondary N) is 2. The molecule has 9 heteroatoms. The van der Waals surface area contributed by atoms with Gasteiger partial charge in [-0.05, 0) is 12.1 Å². The number of carbonyl (C=O) groups excluding carboxylic acids is 2. The van der Waals surface area contributed by atoms with E-state index >= 15 is 0 Å². The highest BCUT2D eigenvalue weighted by atomic mass is 32.1. The fourth-order valence-electron chi connectivity index (χ4n) is 1.54. The lowest BCUT2D eigenvalue weighted by Crippen LogP contribution is -2.27. The second kappa shape index (κ2) is 7.55. The fraction of sp³-hybridized carbons (Fsp3) is 0.231. The number of alkyl halides is 2. The van der Waals surface area contributed by atoms with Gasteiger partial charge in [-0.3, -0.25) is 9.59 Å². The number of rotatable bonds is 6. The third-order valence-electron chi connectivity index (χ3n) is 2.55. The summed E-state index contributed by atoms with van der Waals surface area (Å²) in [6.45, 7) is 0.125. The van der Waals surface area contributed by atoms with Crippen molar-refractivity contribution in [2.45, 2.75) is 12.8 Å². The van der Waals surface area contributed by atoms with Crippen LogP contribution >= 0.6 is 11.3 Å². The average Bonchev–Trinajstić information content (AvgIpc) is 2.96. The maximum Gasteiger partial charge on any atom is 0.291 e. The highest BCUT2D eigenvalue weighted by Gasteiger charge is 2.15. The Morgan fingerprint density at radius 1 is 1.18 bits per heavy atom. The smallest absolute Gasteiger partial charge is 0.291 e. The first-order chi connectivity index (χ1) is 10.6. The van der Waals surface area contributed by atoms with Crippen LogP contribution in [0.3, 0.4) is 0 Å². The van der Waals surface area contributed by atoms with Gasteiger partial charge in [-0.25, -0.2) is 8.78 Å². The van der Waals surface area contributed by atoms with Gasteiger partial charge in [-0.2, -0.15) is 0 Å². The minimum absolute atomic E-state index is 0.00215. The molecule has 0 saturated carbocycles. The van der Waals surface area contributed by atoms with Crippen molar-refractivity contribution >= 4 is 28.3 Å². The Morgan fingerprint density at radius 2 is 1.91 bits per heavy atom. The van der Waals surface area contributed by atoms with Gasteiger partial charge in [0, 0.05) is 18.5 Å². The molecule has 0 fully saturated rings. The van der Waals surface area contributed by atoms with E-state index in [4.69, 9.17) is 0 Å². The standard InChI is InChI=1S/C13H12F2N4O2S/c14-10(15)12-18-19-13(22-12)17-9(20)6-7-16-11(21)8-4-2-1-3-5-8/h1-5,10H,6-7H2,(H,16,21)(H,17,19,20). The lowest BCUT2D eigenvalue weighted by molar-refractivity contribution is -0.116. The van der Waals surface area contributed by atoms with E-state index in [0.717, 1.165) is 0 Å². The molecule has 0 unspecified atom stereocenters. The molecule has 1 aromatic heterocycles. The number of anilines is 1. The monoisotopic (exact) mass is 326 g/mol. The molecule has 0 aliphatic rings. The van der Waals surface area contributed by atoms with Crippen molar-refractivity contribution in [1.82, 2.24) is 15.5 Å². The van der Waals surface area contributed by atoms with Gasteiger partial charge in [0.2, 0.25) is 11.0 Å². The molecule has 0 saturated heterocycles. The Kier molecular flexibility index (Phi) is 5.48. The largest absolute Gasteiger partial charge is 0.352 e. The van der Waals surface area contributed by atoms with Gasteiger partial charge in [-0.15, -0.1) is 10.2 Å². The molecule has 0 spiro atoms. The number of amides is 2. The summed E-state index contributed by atoms with van der Waals surface area (Å²) in [6.07, 6.45) is -2.71. The van der Waals surface area contributed by atoms with E-state index in [2.05, 4.69) is 20.8 Å². The van der Waals surface area contributed by atoms with Crippen LogP contribution in [0.4, 0.5) is 13.9 Å².